The smallest absolute Gasteiger partial charge is 0.357 e. The number of carbonyl (C=O) groups excluding carboxylic acids is 2. The van der Waals surface area contributed by atoms with Crippen molar-refractivity contribution in [2.45, 2.75) is 30.6 Å². The summed E-state index contributed by atoms with van der Waals surface area (Å²) < 4.78 is 68.3. The Balaban J connectivity index is 2.11. The second kappa shape index (κ2) is 12.3. The highest BCUT2D eigenvalue weighted by Gasteiger charge is 2.35. The fraction of sp³-hybridized carbons (Fsp3) is 0.231. The van der Waals surface area contributed by atoms with Gasteiger partial charge in [0.2, 0.25) is 11.8 Å². The molecular formula is C26H24Cl2F3N3O4S. The van der Waals surface area contributed by atoms with Gasteiger partial charge in [-0.1, -0.05) is 53.5 Å². The fourth-order valence-corrected chi connectivity index (χ4v) is 5.68. The van der Waals surface area contributed by atoms with E-state index in [2.05, 4.69) is 5.32 Å². The number of amides is 2. The molecule has 1 atom stereocenters. The minimum absolute atomic E-state index is 0.205. The van der Waals surface area contributed by atoms with Crippen LogP contribution in [-0.4, -0.2) is 44.8 Å². The van der Waals surface area contributed by atoms with Crippen LogP contribution < -0.4 is 9.62 Å². The van der Waals surface area contributed by atoms with Crippen molar-refractivity contribution in [3.8, 4) is 0 Å². The number of likely N-dealkylation sites (N-methyl/N-ethyl adjacent to an activating group) is 1. The molecule has 0 aliphatic rings. The molecule has 3 rings (SSSR count). The summed E-state index contributed by atoms with van der Waals surface area (Å²) in [7, 11) is -3.16. The zero-order valence-corrected chi connectivity index (χ0v) is 23.1. The fourth-order valence-electron chi connectivity index (χ4n) is 3.73. The Bertz CT molecular complexity index is 1430. The molecule has 39 heavy (non-hydrogen) atoms. The molecule has 1 N–H and O–H groups in total. The van der Waals surface area contributed by atoms with Gasteiger partial charge in [-0.15, -0.1) is 0 Å². The highest BCUT2D eigenvalue weighted by molar-refractivity contribution is 7.92. The van der Waals surface area contributed by atoms with Gasteiger partial charge >= 0.3 is 6.18 Å². The van der Waals surface area contributed by atoms with Gasteiger partial charge in [0.1, 0.15) is 12.6 Å². The predicted molar refractivity (Wildman–Crippen MR) is 143 cm³/mol. The molecule has 1 unspecified atom stereocenters. The van der Waals surface area contributed by atoms with Crippen LogP contribution in [-0.2, 0) is 32.3 Å². The summed E-state index contributed by atoms with van der Waals surface area (Å²) in [6.07, 6.45) is -4.76. The monoisotopic (exact) mass is 601 g/mol. The van der Waals surface area contributed by atoms with E-state index in [9.17, 15) is 31.2 Å². The lowest BCUT2D eigenvalue weighted by molar-refractivity contribution is -0.139. The summed E-state index contributed by atoms with van der Waals surface area (Å²) >= 11 is 12.6. The Kier molecular flexibility index (Phi) is 9.52. The van der Waals surface area contributed by atoms with Crippen molar-refractivity contribution in [2.24, 2.45) is 0 Å². The van der Waals surface area contributed by atoms with Gasteiger partial charge in [-0.25, -0.2) is 8.42 Å². The molecule has 13 heteroatoms. The van der Waals surface area contributed by atoms with Crippen molar-refractivity contribution in [2.75, 3.05) is 17.9 Å². The van der Waals surface area contributed by atoms with Gasteiger partial charge in [-0.2, -0.15) is 13.2 Å². The largest absolute Gasteiger partial charge is 0.416 e. The van der Waals surface area contributed by atoms with E-state index in [1.807, 2.05) is 0 Å². The number of nitrogens with one attached hydrogen (secondary N) is 1. The molecular weight excluding hydrogens is 578 g/mol. The summed E-state index contributed by atoms with van der Waals surface area (Å²) in [5, 5.41) is 2.83. The SMILES string of the molecule is CNC(=O)C(C)N(Cc1c(Cl)cccc1Cl)C(=O)CN(c1cccc(C(F)(F)F)c1)S(=O)(=O)c1ccccc1. The van der Waals surface area contributed by atoms with Crippen molar-refractivity contribution in [1.82, 2.24) is 10.2 Å². The number of hydrogen-bond acceptors (Lipinski definition) is 4. The topological polar surface area (TPSA) is 86.8 Å². The first-order valence-corrected chi connectivity index (χ1v) is 13.7. The van der Waals surface area contributed by atoms with Gasteiger partial charge in [-0.3, -0.25) is 13.9 Å². The summed E-state index contributed by atoms with van der Waals surface area (Å²) in [6, 6.07) is 14.1. The molecule has 2 amide bonds. The lowest BCUT2D eigenvalue weighted by atomic mass is 10.1. The molecule has 208 valence electrons. The maximum atomic E-state index is 13.7. The first-order valence-electron chi connectivity index (χ1n) is 11.5. The van der Waals surface area contributed by atoms with Crippen molar-refractivity contribution >= 4 is 50.7 Å². The number of benzene rings is 3. The third-order valence-corrected chi connectivity index (χ3v) is 8.37. The van der Waals surface area contributed by atoms with E-state index in [1.54, 1.807) is 12.1 Å². The molecule has 3 aromatic carbocycles. The standard InChI is InChI=1S/C26H24Cl2F3N3O4S/c1-17(25(36)32-2)33(15-21-22(27)12-7-13-23(21)28)24(35)16-34(39(37,38)20-10-4-3-5-11-20)19-9-6-8-18(14-19)26(29,30)31/h3-14,17H,15-16H2,1-2H3,(H,32,36). The Morgan fingerprint density at radius 3 is 2.10 bits per heavy atom. The molecule has 0 aliphatic carbocycles. The van der Waals surface area contributed by atoms with E-state index in [-0.39, 0.29) is 27.2 Å². The highest BCUT2D eigenvalue weighted by atomic mass is 35.5. The number of anilines is 1. The zero-order valence-electron chi connectivity index (χ0n) is 20.7. The first-order chi connectivity index (χ1) is 18.3. The highest BCUT2D eigenvalue weighted by Crippen LogP contribution is 2.33. The van der Waals surface area contributed by atoms with Crippen molar-refractivity contribution in [3.05, 3.63) is 94.0 Å². The van der Waals surface area contributed by atoms with Gasteiger partial charge < -0.3 is 10.2 Å². The molecule has 0 heterocycles. The number of nitrogens with zero attached hydrogens (tertiary/aromatic N) is 2. The molecule has 3 aromatic rings. The van der Waals surface area contributed by atoms with E-state index in [0.29, 0.717) is 15.9 Å². The van der Waals surface area contributed by atoms with Crippen LogP contribution in [0.15, 0.2) is 77.7 Å². The number of hydrogen-bond donors (Lipinski definition) is 1. The lowest BCUT2D eigenvalue weighted by Gasteiger charge is -2.32. The van der Waals surface area contributed by atoms with Crippen LogP contribution in [0, 0.1) is 0 Å². The van der Waals surface area contributed by atoms with Crippen molar-refractivity contribution < 1.29 is 31.2 Å². The Hall–Kier alpha value is -3.28. The molecule has 7 nitrogen and oxygen atoms in total. The van der Waals surface area contributed by atoms with E-state index in [1.165, 1.54) is 50.4 Å². The van der Waals surface area contributed by atoms with Gasteiger partial charge in [-0.05, 0) is 49.4 Å². The van der Waals surface area contributed by atoms with E-state index in [0.717, 1.165) is 23.1 Å². The van der Waals surface area contributed by atoms with Crippen LogP contribution in [0.3, 0.4) is 0 Å². The van der Waals surface area contributed by atoms with Gasteiger partial charge in [0, 0.05) is 29.2 Å². The third-order valence-electron chi connectivity index (χ3n) is 5.88. The minimum Gasteiger partial charge on any atom is -0.357 e. The molecule has 0 fully saturated rings. The van der Waals surface area contributed by atoms with Crippen molar-refractivity contribution in [3.63, 3.8) is 0 Å². The number of carbonyl (C=O) groups is 2. The van der Waals surface area contributed by atoms with Gasteiger partial charge in [0.15, 0.2) is 0 Å². The number of alkyl halides is 3. The van der Waals surface area contributed by atoms with Crippen LogP contribution in [0.4, 0.5) is 18.9 Å². The zero-order chi connectivity index (χ0) is 29.0. The van der Waals surface area contributed by atoms with Crippen LogP contribution in [0.25, 0.3) is 0 Å². The molecule has 0 saturated carbocycles. The second-order valence-electron chi connectivity index (χ2n) is 8.38. The normalized spacial score (nSPS) is 12.5. The van der Waals surface area contributed by atoms with Crippen LogP contribution >= 0.6 is 23.2 Å². The molecule has 0 spiro atoms. The minimum atomic E-state index is -4.76. The summed E-state index contributed by atoms with van der Waals surface area (Å²) in [5.41, 5.74) is -1.18. The summed E-state index contributed by atoms with van der Waals surface area (Å²) in [5.74, 6) is -1.44. The number of halogens is 5. The van der Waals surface area contributed by atoms with E-state index in [4.69, 9.17) is 23.2 Å². The summed E-state index contributed by atoms with van der Waals surface area (Å²) in [4.78, 5) is 27.0. The third kappa shape index (κ3) is 7.03. The Morgan fingerprint density at radius 1 is 0.949 bits per heavy atom. The molecule has 0 bridgehead atoms. The number of sulfonamides is 1. The second-order valence-corrected chi connectivity index (χ2v) is 11.1. The molecule has 0 aromatic heterocycles. The van der Waals surface area contributed by atoms with Gasteiger partial charge in [0.25, 0.3) is 10.0 Å². The van der Waals surface area contributed by atoms with Crippen LogP contribution in [0.5, 0.6) is 0 Å². The maximum absolute atomic E-state index is 13.7. The average molecular weight is 602 g/mol. The van der Waals surface area contributed by atoms with Crippen LogP contribution in [0.1, 0.15) is 18.1 Å². The first kappa shape index (κ1) is 30.3. The molecule has 0 aliphatic heterocycles. The van der Waals surface area contributed by atoms with Crippen molar-refractivity contribution in [1.29, 1.82) is 0 Å². The predicted octanol–water partition coefficient (Wildman–Crippen LogP) is 5.37. The number of rotatable bonds is 9. The molecule has 0 saturated heterocycles. The Morgan fingerprint density at radius 2 is 1.54 bits per heavy atom. The van der Waals surface area contributed by atoms with E-state index >= 15 is 0 Å². The summed E-state index contributed by atoms with van der Waals surface area (Å²) in [6.45, 7) is 0.234. The Labute approximate surface area is 234 Å². The lowest BCUT2D eigenvalue weighted by Crippen LogP contribution is -2.50. The quantitative estimate of drug-likeness (QED) is 0.357. The van der Waals surface area contributed by atoms with Crippen LogP contribution in [0.2, 0.25) is 10.0 Å². The maximum Gasteiger partial charge on any atom is 0.416 e. The average Bonchev–Trinajstić information content (AvgIpc) is 2.90. The van der Waals surface area contributed by atoms with Gasteiger partial charge in [0.05, 0.1) is 16.1 Å². The van der Waals surface area contributed by atoms with E-state index < -0.39 is 46.2 Å². The molecule has 0 radical (unpaired) electrons.